The standard InChI is InChI=1S/C13H16BrNO3/c1-13(17-7-8-18-13)5-6-15-12(16)10-3-2-4-11(14)9-10/h2-4,9H,5-8H2,1H3,(H,15,16). The summed E-state index contributed by atoms with van der Waals surface area (Å²) in [4.78, 5) is 11.9. The minimum atomic E-state index is -0.551. The van der Waals surface area contributed by atoms with Crippen molar-refractivity contribution in [2.75, 3.05) is 19.8 Å². The van der Waals surface area contributed by atoms with Crippen LogP contribution in [0.5, 0.6) is 0 Å². The Morgan fingerprint density at radius 1 is 1.44 bits per heavy atom. The lowest BCUT2D eigenvalue weighted by atomic mass is 10.2. The molecule has 0 saturated carbocycles. The van der Waals surface area contributed by atoms with Gasteiger partial charge in [0.2, 0.25) is 0 Å². The molecule has 1 aliphatic rings. The van der Waals surface area contributed by atoms with E-state index in [4.69, 9.17) is 9.47 Å². The zero-order chi connectivity index (χ0) is 13.0. The maximum atomic E-state index is 11.9. The second-order valence-corrected chi connectivity index (χ2v) is 5.26. The Morgan fingerprint density at radius 2 is 2.17 bits per heavy atom. The van der Waals surface area contributed by atoms with E-state index in [1.807, 2.05) is 19.1 Å². The zero-order valence-electron chi connectivity index (χ0n) is 10.2. The minimum Gasteiger partial charge on any atom is -0.352 e. The highest BCUT2D eigenvalue weighted by Gasteiger charge is 2.30. The molecule has 0 bridgehead atoms. The lowest BCUT2D eigenvalue weighted by molar-refractivity contribution is -0.145. The van der Waals surface area contributed by atoms with Crippen molar-refractivity contribution in [3.05, 3.63) is 34.3 Å². The molecule has 0 aliphatic carbocycles. The highest BCUT2D eigenvalue weighted by Crippen LogP contribution is 2.21. The Labute approximate surface area is 115 Å². The number of carbonyl (C=O) groups excluding carboxylic acids is 1. The number of benzene rings is 1. The number of halogens is 1. The van der Waals surface area contributed by atoms with Crippen LogP contribution in [0.2, 0.25) is 0 Å². The van der Waals surface area contributed by atoms with Crippen molar-refractivity contribution in [3.8, 4) is 0 Å². The van der Waals surface area contributed by atoms with Crippen molar-refractivity contribution in [1.29, 1.82) is 0 Å². The van der Waals surface area contributed by atoms with Gasteiger partial charge in [0.25, 0.3) is 5.91 Å². The normalized spacial score (nSPS) is 17.7. The zero-order valence-corrected chi connectivity index (χ0v) is 11.8. The van der Waals surface area contributed by atoms with E-state index >= 15 is 0 Å². The summed E-state index contributed by atoms with van der Waals surface area (Å²) in [5.74, 6) is -0.636. The second kappa shape index (κ2) is 5.82. The van der Waals surface area contributed by atoms with E-state index in [-0.39, 0.29) is 5.91 Å². The SMILES string of the molecule is CC1(CCNC(=O)c2cccc(Br)c2)OCCO1. The average Bonchev–Trinajstić information content (AvgIpc) is 2.76. The van der Waals surface area contributed by atoms with Gasteiger partial charge in [-0.25, -0.2) is 0 Å². The molecule has 4 nitrogen and oxygen atoms in total. The van der Waals surface area contributed by atoms with E-state index in [0.29, 0.717) is 31.7 Å². The van der Waals surface area contributed by atoms with Crippen LogP contribution in [0.25, 0.3) is 0 Å². The topological polar surface area (TPSA) is 47.6 Å². The summed E-state index contributed by atoms with van der Waals surface area (Å²) in [5.41, 5.74) is 0.641. The maximum Gasteiger partial charge on any atom is 0.251 e. The number of nitrogens with one attached hydrogen (secondary N) is 1. The third kappa shape index (κ3) is 3.54. The number of amides is 1. The summed E-state index contributed by atoms with van der Waals surface area (Å²) in [5, 5.41) is 2.86. The van der Waals surface area contributed by atoms with Crippen LogP contribution in [0.4, 0.5) is 0 Å². The van der Waals surface area contributed by atoms with Gasteiger partial charge in [-0.05, 0) is 25.1 Å². The first-order chi connectivity index (χ1) is 8.59. The largest absolute Gasteiger partial charge is 0.352 e. The number of carbonyl (C=O) groups is 1. The molecule has 0 aromatic heterocycles. The van der Waals surface area contributed by atoms with Gasteiger partial charge in [0.05, 0.1) is 13.2 Å². The molecular weight excluding hydrogens is 298 g/mol. The molecule has 2 rings (SSSR count). The van der Waals surface area contributed by atoms with Gasteiger partial charge < -0.3 is 14.8 Å². The van der Waals surface area contributed by atoms with Gasteiger partial charge in [-0.2, -0.15) is 0 Å². The van der Waals surface area contributed by atoms with Crippen LogP contribution < -0.4 is 5.32 Å². The molecule has 0 radical (unpaired) electrons. The fourth-order valence-electron chi connectivity index (χ4n) is 1.84. The Hall–Kier alpha value is -0.910. The predicted octanol–water partition coefficient (Wildman–Crippen LogP) is 2.33. The summed E-state index contributed by atoms with van der Waals surface area (Å²) in [7, 11) is 0. The van der Waals surface area contributed by atoms with Gasteiger partial charge in [-0.15, -0.1) is 0 Å². The van der Waals surface area contributed by atoms with Crippen molar-refractivity contribution in [1.82, 2.24) is 5.32 Å². The molecular formula is C13H16BrNO3. The highest BCUT2D eigenvalue weighted by molar-refractivity contribution is 9.10. The van der Waals surface area contributed by atoms with Crippen LogP contribution in [0, 0.1) is 0 Å². The average molecular weight is 314 g/mol. The smallest absolute Gasteiger partial charge is 0.251 e. The van der Waals surface area contributed by atoms with Crippen LogP contribution in [0.15, 0.2) is 28.7 Å². The predicted molar refractivity (Wildman–Crippen MR) is 71.4 cm³/mol. The van der Waals surface area contributed by atoms with Gasteiger partial charge in [0.15, 0.2) is 5.79 Å². The number of hydrogen-bond acceptors (Lipinski definition) is 3. The van der Waals surface area contributed by atoms with Crippen molar-refractivity contribution in [2.45, 2.75) is 19.1 Å². The monoisotopic (exact) mass is 313 g/mol. The Bertz CT molecular complexity index is 430. The summed E-state index contributed by atoms with van der Waals surface area (Å²) < 4.78 is 11.8. The summed E-state index contributed by atoms with van der Waals surface area (Å²) >= 11 is 3.34. The number of ether oxygens (including phenoxy) is 2. The Balaban J connectivity index is 1.81. The van der Waals surface area contributed by atoms with Crippen LogP contribution in [0.3, 0.4) is 0 Å². The van der Waals surface area contributed by atoms with Crippen LogP contribution in [0.1, 0.15) is 23.7 Å². The van der Waals surface area contributed by atoms with E-state index < -0.39 is 5.79 Å². The van der Waals surface area contributed by atoms with Crippen molar-refractivity contribution in [2.24, 2.45) is 0 Å². The van der Waals surface area contributed by atoms with E-state index in [1.165, 1.54) is 0 Å². The lowest BCUT2D eigenvalue weighted by Crippen LogP contribution is -2.33. The summed E-state index contributed by atoms with van der Waals surface area (Å²) in [6, 6.07) is 7.30. The Kier molecular flexibility index (Phi) is 4.37. The molecule has 5 heteroatoms. The first-order valence-electron chi connectivity index (χ1n) is 5.91. The molecule has 0 unspecified atom stereocenters. The molecule has 1 aromatic rings. The maximum absolute atomic E-state index is 11.9. The Morgan fingerprint density at radius 3 is 2.83 bits per heavy atom. The van der Waals surface area contributed by atoms with E-state index in [1.54, 1.807) is 12.1 Å². The summed E-state index contributed by atoms with van der Waals surface area (Å²) in [6.45, 7) is 3.67. The molecule has 1 heterocycles. The fourth-order valence-corrected chi connectivity index (χ4v) is 2.24. The van der Waals surface area contributed by atoms with Crippen molar-refractivity contribution < 1.29 is 14.3 Å². The molecule has 1 aliphatic heterocycles. The molecule has 98 valence electrons. The quantitative estimate of drug-likeness (QED) is 0.928. The number of rotatable bonds is 4. The van der Waals surface area contributed by atoms with Crippen LogP contribution in [-0.4, -0.2) is 31.5 Å². The third-order valence-electron chi connectivity index (χ3n) is 2.85. The van der Waals surface area contributed by atoms with Crippen LogP contribution in [-0.2, 0) is 9.47 Å². The highest BCUT2D eigenvalue weighted by atomic mass is 79.9. The molecule has 1 N–H and O–H groups in total. The molecule has 0 atom stereocenters. The third-order valence-corrected chi connectivity index (χ3v) is 3.34. The molecule has 1 saturated heterocycles. The van der Waals surface area contributed by atoms with Gasteiger partial charge in [0.1, 0.15) is 0 Å². The van der Waals surface area contributed by atoms with E-state index in [9.17, 15) is 4.79 Å². The van der Waals surface area contributed by atoms with Gasteiger partial charge in [0, 0.05) is 23.0 Å². The van der Waals surface area contributed by atoms with Gasteiger partial charge in [-0.1, -0.05) is 22.0 Å². The fraction of sp³-hybridized carbons (Fsp3) is 0.462. The van der Waals surface area contributed by atoms with E-state index in [0.717, 1.165) is 4.47 Å². The molecule has 18 heavy (non-hydrogen) atoms. The van der Waals surface area contributed by atoms with Crippen molar-refractivity contribution in [3.63, 3.8) is 0 Å². The second-order valence-electron chi connectivity index (χ2n) is 4.35. The summed E-state index contributed by atoms with van der Waals surface area (Å²) in [6.07, 6.45) is 0.646. The van der Waals surface area contributed by atoms with Gasteiger partial charge in [-0.3, -0.25) is 4.79 Å². The molecule has 1 aromatic carbocycles. The number of hydrogen-bond donors (Lipinski definition) is 1. The lowest BCUT2D eigenvalue weighted by Gasteiger charge is -2.22. The first kappa shape index (κ1) is 13.5. The molecule has 1 amide bonds. The minimum absolute atomic E-state index is 0.0853. The van der Waals surface area contributed by atoms with Crippen LogP contribution >= 0.6 is 15.9 Å². The molecule has 0 spiro atoms. The molecule has 1 fully saturated rings. The van der Waals surface area contributed by atoms with Gasteiger partial charge >= 0.3 is 0 Å². The first-order valence-corrected chi connectivity index (χ1v) is 6.70. The van der Waals surface area contributed by atoms with E-state index in [2.05, 4.69) is 21.2 Å². The van der Waals surface area contributed by atoms with Crippen molar-refractivity contribution >= 4 is 21.8 Å².